The van der Waals surface area contributed by atoms with Crippen molar-refractivity contribution in [2.45, 2.75) is 69.7 Å². The molecule has 2 atom stereocenters. The second kappa shape index (κ2) is 13.0. The minimum atomic E-state index is -1.08. The van der Waals surface area contributed by atoms with E-state index < -0.39 is 18.2 Å². The Kier molecular flexibility index (Phi) is 9.54. The number of hydrogen-bond acceptors (Lipinski definition) is 6. The van der Waals surface area contributed by atoms with Gasteiger partial charge in [-0.05, 0) is 41.8 Å². The van der Waals surface area contributed by atoms with Crippen molar-refractivity contribution in [3.8, 4) is 0 Å². The van der Waals surface area contributed by atoms with Crippen molar-refractivity contribution in [1.82, 2.24) is 20.4 Å². The molecule has 0 spiro atoms. The smallest absolute Gasteiger partial charge is 0.407 e. The number of nitrogens with one attached hydrogen (secondary N) is 2. The third kappa shape index (κ3) is 7.30. The SMILES string of the molecule is NCc1cccc(CC(NC2CCCCC2)C(=O)N2CCN(C(=O)O)C[C@H]2C(=O)NCc2cccs2)c1. The van der Waals surface area contributed by atoms with Gasteiger partial charge in [0.2, 0.25) is 11.8 Å². The van der Waals surface area contributed by atoms with Gasteiger partial charge in [0, 0.05) is 30.6 Å². The lowest BCUT2D eigenvalue weighted by molar-refractivity contribution is -0.145. The molecule has 1 aliphatic carbocycles. The van der Waals surface area contributed by atoms with Crippen LogP contribution in [0, 0.1) is 0 Å². The van der Waals surface area contributed by atoms with E-state index in [9.17, 15) is 19.5 Å². The zero-order chi connectivity index (χ0) is 26.2. The van der Waals surface area contributed by atoms with Gasteiger partial charge >= 0.3 is 6.09 Å². The van der Waals surface area contributed by atoms with E-state index in [0.29, 0.717) is 19.5 Å². The molecule has 3 amide bonds. The molecule has 1 aliphatic heterocycles. The summed E-state index contributed by atoms with van der Waals surface area (Å²) in [6.07, 6.45) is 4.90. The van der Waals surface area contributed by atoms with E-state index >= 15 is 0 Å². The van der Waals surface area contributed by atoms with Gasteiger partial charge in [0.15, 0.2) is 0 Å². The first-order valence-corrected chi connectivity index (χ1v) is 13.9. The summed E-state index contributed by atoms with van der Waals surface area (Å²) >= 11 is 1.53. The van der Waals surface area contributed by atoms with E-state index in [1.165, 1.54) is 22.7 Å². The Morgan fingerprint density at radius 3 is 2.57 bits per heavy atom. The van der Waals surface area contributed by atoms with Gasteiger partial charge in [-0.1, -0.05) is 49.6 Å². The van der Waals surface area contributed by atoms with Crippen molar-refractivity contribution in [3.63, 3.8) is 0 Å². The highest BCUT2D eigenvalue weighted by Crippen LogP contribution is 2.21. The van der Waals surface area contributed by atoms with Crippen LogP contribution in [0.3, 0.4) is 0 Å². The van der Waals surface area contributed by atoms with Gasteiger partial charge in [-0.15, -0.1) is 11.3 Å². The number of thiophene rings is 1. The molecule has 1 unspecified atom stereocenters. The van der Waals surface area contributed by atoms with Crippen molar-refractivity contribution in [2.75, 3.05) is 19.6 Å². The first-order valence-electron chi connectivity index (χ1n) is 13.1. The molecule has 1 saturated carbocycles. The zero-order valence-electron chi connectivity index (χ0n) is 21.1. The van der Waals surface area contributed by atoms with Crippen LogP contribution in [0.15, 0.2) is 41.8 Å². The van der Waals surface area contributed by atoms with Crippen LogP contribution >= 0.6 is 11.3 Å². The van der Waals surface area contributed by atoms with Gasteiger partial charge in [0.05, 0.1) is 19.1 Å². The molecule has 1 aromatic carbocycles. The minimum Gasteiger partial charge on any atom is -0.465 e. The average molecular weight is 528 g/mol. The fourth-order valence-electron chi connectivity index (χ4n) is 5.24. The Bertz CT molecular complexity index is 1060. The molecule has 37 heavy (non-hydrogen) atoms. The second-order valence-corrected chi connectivity index (χ2v) is 10.9. The summed E-state index contributed by atoms with van der Waals surface area (Å²) < 4.78 is 0. The van der Waals surface area contributed by atoms with Crippen LogP contribution in [0.5, 0.6) is 0 Å². The minimum absolute atomic E-state index is 0.0455. The lowest BCUT2D eigenvalue weighted by Gasteiger charge is -2.41. The van der Waals surface area contributed by atoms with Gasteiger partial charge in [-0.2, -0.15) is 0 Å². The van der Waals surface area contributed by atoms with E-state index in [2.05, 4.69) is 10.6 Å². The molecule has 10 heteroatoms. The van der Waals surface area contributed by atoms with Crippen LogP contribution in [-0.4, -0.2) is 70.6 Å². The van der Waals surface area contributed by atoms with Crippen LogP contribution in [-0.2, 0) is 29.1 Å². The Labute approximate surface area is 222 Å². The van der Waals surface area contributed by atoms with Crippen molar-refractivity contribution in [3.05, 3.63) is 57.8 Å². The van der Waals surface area contributed by atoms with Crippen LogP contribution in [0.4, 0.5) is 4.79 Å². The van der Waals surface area contributed by atoms with Gasteiger partial charge < -0.3 is 31.3 Å². The van der Waals surface area contributed by atoms with E-state index in [4.69, 9.17) is 5.73 Å². The third-order valence-electron chi connectivity index (χ3n) is 7.26. The average Bonchev–Trinajstić information content (AvgIpc) is 3.45. The number of hydrogen-bond donors (Lipinski definition) is 4. The number of amides is 3. The molecule has 1 aromatic heterocycles. The Balaban J connectivity index is 1.54. The number of carbonyl (C=O) groups is 3. The molecule has 2 aromatic rings. The molecule has 2 aliphatic rings. The summed E-state index contributed by atoms with van der Waals surface area (Å²) in [7, 11) is 0. The van der Waals surface area contributed by atoms with Gasteiger partial charge in [0.25, 0.3) is 0 Å². The Morgan fingerprint density at radius 2 is 1.86 bits per heavy atom. The van der Waals surface area contributed by atoms with Crippen LogP contribution in [0.2, 0.25) is 0 Å². The predicted molar refractivity (Wildman–Crippen MR) is 143 cm³/mol. The highest BCUT2D eigenvalue weighted by Gasteiger charge is 2.39. The maximum absolute atomic E-state index is 14.0. The summed E-state index contributed by atoms with van der Waals surface area (Å²) in [4.78, 5) is 42.8. The first-order chi connectivity index (χ1) is 17.9. The second-order valence-electron chi connectivity index (χ2n) is 9.86. The summed E-state index contributed by atoms with van der Waals surface area (Å²) in [6, 6.07) is 10.6. The van der Waals surface area contributed by atoms with E-state index in [0.717, 1.165) is 41.7 Å². The highest BCUT2D eigenvalue weighted by atomic mass is 32.1. The third-order valence-corrected chi connectivity index (χ3v) is 8.14. The van der Waals surface area contributed by atoms with Crippen LogP contribution < -0.4 is 16.4 Å². The number of benzene rings is 1. The Hall–Kier alpha value is -2.95. The molecular formula is C27H37N5O4S. The quantitative estimate of drug-likeness (QED) is 0.397. The fourth-order valence-corrected chi connectivity index (χ4v) is 5.89. The van der Waals surface area contributed by atoms with Crippen LogP contribution in [0.1, 0.15) is 48.1 Å². The summed E-state index contributed by atoms with van der Waals surface area (Å²) in [6.45, 7) is 1.07. The lowest BCUT2D eigenvalue weighted by Crippen LogP contribution is -2.64. The van der Waals surface area contributed by atoms with Crippen molar-refractivity contribution < 1.29 is 19.5 Å². The van der Waals surface area contributed by atoms with Gasteiger partial charge in [0.1, 0.15) is 6.04 Å². The molecule has 4 rings (SSSR count). The highest BCUT2D eigenvalue weighted by molar-refractivity contribution is 7.09. The molecule has 0 radical (unpaired) electrons. The summed E-state index contributed by atoms with van der Waals surface area (Å²) in [5.41, 5.74) is 7.85. The van der Waals surface area contributed by atoms with Crippen molar-refractivity contribution >= 4 is 29.2 Å². The number of rotatable bonds is 9. The molecule has 5 N–H and O–H groups in total. The van der Waals surface area contributed by atoms with E-state index in [1.807, 2.05) is 41.8 Å². The normalized spacial score (nSPS) is 19.4. The topological polar surface area (TPSA) is 128 Å². The number of carbonyl (C=O) groups excluding carboxylic acids is 2. The number of nitrogens with two attached hydrogens (primary N) is 1. The zero-order valence-corrected chi connectivity index (χ0v) is 21.9. The molecule has 0 bridgehead atoms. The number of carboxylic acid groups (broad SMARTS) is 1. The number of nitrogens with zero attached hydrogens (tertiary/aromatic N) is 2. The molecule has 1 saturated heterocycles. The summed E-state index contributed by atoms with van der Waals surface area (Å²) in [5, 5.41) is 18.0. The fraction of sp³-hybridized carbons (Fsp3) is 0.519. The molecule has 200 valence electrons. The lowest BCUT2D eigenvalue weighted by atomic mass is 9.93. The first kappa shape index (κ1) is 27.1. The van der Waals surface area contributed by atoms with E-state index in [1.54, 1.807) is 4.90 Å². The number of piperazine rings is 1. The molecule has 9 nitrogen and oxygen atoms in total. The largest absolute Gasteiger partial charge is 0.465 e. The van der Waals surface area contributed by atoms with Gasteiger partial charge in [-0.3, -0.25) is 9.59 Å². The van der Waals surface area contributed by atoms with E-state index in [-0.39, 0.29) is 37.5 Å². The maximum Gasteiger partial charge on any atom is 0.407 e. The van der Waals surface area contributed by atoms with Crippen LogP contribution in [0.25, 0.3) is 0 Å². The maximum atomic E-state index is 14.0. The van der Waals surface area contributed by atoms with Crippen molar-refractivity contribution in [1.29, 1.82) is 0 Å². The Morgan fingerprint density at radius 1 is 1.08 bits per heavy atom. The molecule has 2 fully saturated rings. The van der Waals surface area contributed by atoms with Crippen molar-refractivity contribution in [2.24, 2.45) is 5.73 Å². The monoisotopic (exact) mass is 527 g/mol. The predicted octanol–water partition coefficient (Wildman–Crippen LogP) is 2.55. The summed E-state index contributed by atoms with van der Waals surface area (Å²) in [5.74, 6) is -0.501. The standard InChI is InChI=1S/C27H37N5O4S/c28-16-20-7-4-6-19(14-20)15-23(30-21-8-2-1-3-9-21)26(34)32-12-11-31(27(35)36)18-24(32)25(33)29-17-22-10-5-13-37-22/h4-7,10,13-14,21,23-24,30H,1-3,8-9,11-12,15-18,28H2,(H,29,33)(H,35,36)/t23?,24-/m0/s1. The van der Waals surface area contributed by atoms with Gasteiger partial charge in [-0.25, -0.2) is 4.79 Å². The molecule has 2 heterocycles. The molecular weight excluding hydrogens is 490 g/mol.